The van der Waals surface area contributed by atoms with Crippen LogP contribution in [0.4, 0.5) is 11.4 Å². The molecule has 22 heavy (non-hydrogen) atoms. The van der Waals surface area contributed by atoms with E-state index in [0.717, 1.165) is 24.3 Å². The molecule has 5 heteroatoms. The van der Waals surface area contributed by atoms with Crippen LogP contribution < -0.4 is 9.47 Å². The van der Waals surface area contributed by atoms with Crippen LogP contribution in [0.1, 0.15) is 12.8 Å². The van der Waals surface area contributed by atoms with Crippen LogP contribution in [-0.2, 0) is 0 Å². The minimum Gasteiger partial charge on any atom is -0.494 e. The van der Waals surface area contributed by atoms with Crippen LogP contribution in [0.3, 0.4) is 0 Å². The molecule has 0 unspecified atom stereocenters. The lowest BCUT2D eigenvalue weighted by Gasteiger charge is -2.05. The third kappa shape index (κ3) is 4.86. The van der Waals surface area contributed by atoms with Crippen molar-refractivity contribution in [3.63, 3.8) is 0 Å². The number of ether oxygens (including phenoxy) is 2. The minimum atomic E-state index is 0.200. The van der Waals surface area contributed by atoms with Crippen LogP contribution in [0.2, 0.25) is 0 Å². The molecule has 0 aliphatic carbocycles. The van der Waals surface area contributed by atoms with Crippen molar-refractivity contribution in [3.05, 3.63) is 48.5 Å². The van der Waals surface area contributed by atoms with Crippen LogP contribution >= 0.6 is 0 Å². The standard InChI is InChI=1S/C17H20N2O3/c1-21-17-7-3-2-6-16(17)19-18-14-8-10-15(11-9-14)22-13-5-4-12-20/h2-3,6-11,20H,4-5,12-13H2,1H3. The number of para-hydroxylation sites is 1. The Morgan fingerprint density at radius 1 is 0.955 bits per heavy atom. The molecule has 0 amide bonds. The van der Waals surface area contributed by atoms with E-state index in [1.807, 2.05) is 48.5 Å². The molecule has 0 spiro atoms. The summed E-state index contributed by atoms with van der Waals surface area (Å²) in [6.07, 6.45) is 1.59. The predicted molar refractivity (Wildman–Crippen MR) is 85.4 cm³/mol. The fraction of sp³-hybridized carbons (Fsp3) is 0.294. The first-order valence-corrected chi connectivity index (χ1v) is 7.22. The van der Waals surface area contributed by atoms with Gasteiger partial charge in [0.25, 0.3) is 0 Å². The first-order chi connectivity index (χ1) is 10.8. The molecule has 0 radical (unpaired) electrons. The van der Waals surface area contributed by atoms with Crippen molar-refractivity contribution < 1.29 is 14.6 Å². The molecule has 0 heterocycles. The topological polar surface area (TPSA) is 63.4 Å². The molecule has 0 atom stereocenters. The average Bonchev–Trinajstić information content (AvgIpc) is 2.58. The van der Waals surface area contributed by atoms with Crippen molar-refractivity contribution >= 4 is 11.4 Å². The maximum Gasteiger partial charge on any atom is 0.146 e. The maximum absolute atomic E-state index is 8.70. The van der Waals surface area contributed by atoms with Gasteiger partial charge in [-0.2, -0.15) is 5.11 Å². The Labute approximate surface area is 130 Å². The van der Waals surface area contributed by atoms with E-state index in [9.17, 15) is 0 Å². The van der Waals surface area contributed by atoms with Crippen molar-refractivity contribution in [2.75, 3.05) is 20.3 Å². The second-order valence-corrected chi connectivity index (χ2v) is 4.64. The van der Waals surface area contributed by atoms with Gasteiger partial charge in [0.2, 0.25) is 0 Å². The normalized spacial score (nSPS) is 10.8. The first kappa shape index (κ1) is 16.0. The summed E-state index contributed by atoms with van der Waals surface area (Å²) in [5, 5.41) is 17.1. The van der Waals surface area contributed by atoms with Crippen molar-refractivity contribution in [1.29, 1.82) is 0 Å². The van der Waals surface area contributed by atoms with Gasteiger partial charge in [-0.3, -0.25) is 0 Å². The summed E-state index contributed by atoms with van der Waals surface area (Å²) in [4.78, 5) is 0. The summed E-state index contributed by atoms with van der Waals surface area (Å²) in [5.74, 6) is 1.48. The smallest absolute Gasteiger partial charge is 0.146 e. The number of nitrogens with zero attached hydrogens (tertiary/aromatic N) is 2. The summed E-state index contributed by atoms with van der Waals surface area (Å²) >= 11 is 0. The summed E-state index contributed by atoms with van der Waals surface area (Å²) in [5.41, 5.74) is 1.43. The number of methoxy groups -OCH3 is 1. The van der Waals surface area contributed by atoms with Crippen molar-refractivity contribution in [1.82, 2.24) is 0 Å². The molecule has 5 nitrogen and oxygen atoms in total. The van der Waals surface area contributed by atoms with Gasteiger partial charge in [0.05, 0.1) is 19.4 Å². The molecule has 116 valence electrons. The number of unbranched alkanes of at least 4 members (excludes halogenated alkanes) is 1. The van der Waals surface area contributed by atoms with Gasteiger partial charge < -0.3 is 14.6 Å². The first-order valence-electron chi connectivity index (χ1n) is 7.22. The van der Waals surface area contributed by atoms with E-state index in [1.54, 1.807) is 7.11 Å². The van der Waals surface area contributed by atoms with E-state index in [-0.39, 0.29) is 6.61 Å². The largest absolute Gasteiger partial charge is 0.494 e. The number of hydrogen-bond acceptors (Lipinski definition) is 5. The Hall–Kier alpha value is -2.40. The number of aliphatic hydroxyl groups is 1. The van der Waals surface area contributed by atoms with Gasteiger partial charge in [0.15, 0.2) is 0 Å². The molecular weight excluding hydrogens is 280 g/mol. The quantitative estimate of drug-likeness (QED) is 0.585. The zero-order chi connectivity index (χ0) is 15.6. The van der Waals surface area contributed by atoms with Crippen LogP contribution in [0.25, 0.3) is 0 Å². The summed E-state index contributed by atoms with van der Waals surface area (Å²) < 4.78 is 10.8. The summed E-state index contributed by atoms with van der Waals surface area (Å²) in [7, 11) is 1.61. The monoisotopic (exact) mass is 300 g/mol. The van der Waals surface area contributed by atoms with Crippen LogP contribution in [0.5, 0.6) is 11.5 Å². The van der Waals surface area contributed by atoms with Gasteiger partial charge in [-0.05, 0) is 49.2 Å². The van der Waals surface area contributed by atoms with Crippen LogP contribution in [0.15, 0.2) is 58.8 Å². The maximum atomic E-state index is 8.70. The zero-order valence-electron chi connectivity index (χ0n) is 12.6. The highest BCUT2D eigenvalue weighted by Crippen LogP contribution is 2.28. The third-order valence-electron chi connectivity index (χ3n) is 3.02. The molecule has 0 aliphatic heterocycles. The highest BCUT2D eigenvalue weighted by molar-refractivity contribution is 5.51. The predicted octanol–water partition coefficient (Wildman–Crippen LogP) is 4.26. The van der Waals surface area contributed by atoms with E-state index in [2.05, 4.69) is 10.2 Å². The molecule has 0 aromatic heterocycles. The Bertz CT molecular complexity index is 597. The molecule has 0 aliphatic rings. The van der Waals surface area contributed by atoms with Crippen LogP contribution in [-0.4, -0.2) is 25.4 Å². The summed E-state index contributed by atoms with van der Waals surface area (Å²) in [6.45, 7) is 0.800. The van der Waals surface area contributed by atoms with Gasteiger partial charge in [-0.1, -0.05) is 12.1 Å². The van der Waals surface area contributed by atoms with Gasteiger partial charge >= 0.3 is 0 Å². The lowest BCUT2D eigenvalue weighted by Crippen LogP contribution is -1.98. The molecule has 0 saturated heterocycles. The van der Waals surface area contributed by atoms with Gasteiger partial charge in [-0.15, -0.1) is 5.11 Å². The SMILES string of the molecule is COc1ccccc1N=Nc1ccc(OCCCCO)cc1. The molecule has 0 bridgehead atoms. The number of aliphatic hydroxyl groups excluding tert-OH is 1. The summed E-state index contributed by atoms with van der Waals surface area (Å²) in [6, 6.07) is 14.9. The van der Waals surface area contributed by atoms with E-state index >= 15 is 0 Å². The second kappa shape index (κ2) is 8.79. The molecule has 1 N–H and O–H groups in total. The minimum absolute atomic E-state index is 0.200. The lowest BCUT2D eigenvalue weighted by atomic mass is 10.3. The van der Waals surface area contributed by atoms with Gasteiger partial charge in [0.1, 0.15) is 17.2 Å². The Kier molecular flexibility index (Phi) is 6.39. The molecular formula is C17H20N2O3. The molecule has 0 fully saturated rings. The fourth-order valence-electron chi connectivity index (χ4n) is 1.84. The molecule has 2 aromatic carbocycles. The van der Waals surface area contributed by atoms with Crippen molar-refractivity contribution in [3.8, 4) is 11.5 Å². The van der Waals surface area contributed by atoms with Crippen molar-refractivity contribution in [2.45, 2.75) is 12.8 Å². The third-order valence-corrected chi connectivity index (χ3v) is 3.02. The molecule has 0 saturated carbocycles. The van der Waals surface area contributed by atoms with E-state index in [0.29, 0.717) is 18.0 Å². The zero-order valence-corrected chi connectivity index (χ0v) is 12.6. The van der Waals surface area contributed by atoms with E-state index < -0.39 is 0 Å². The highest BCUT2D eigenvalue weighted by atomic mass is 16.5. The Balaban J connectivity index is 1.94. The second-order valence-electron chi connectivity index (χ2n) is 4.64. The number of benzene rings is 2. The number of azo groups is 1. The highest BCUT2D eigenvalue weighted by Gasteiger charge is 1.99. The van der Waals surface area contributed by atoms with E-state index in [1.165, 1.54) is 0 Å². The van der Waals surface area contributed by atoms with Crippen LogP contribution in [0, 0.1) is 0 Å². The molecule has 2 aromatic rings. The number of rotatable bonds is 8. The Morgan fingerprint density at radius 2 is 1.73 bits per heavy atom. The van der Waals surface area contributed by atoms with Gasteiger partial charge in [-0.25, -0.2) is 0 Å². The van der Waals surface area contributed by atoms with Crippen molar-refractivity contribution in [2.24, 2.45) is 10.2 Å². The fourth-order valence-corrected chi connectivity index (χ4v) is 1.84. The molecule has 2 rings (SSSR count). The lowest BCUT2D eigenvalue weighted by molar-refractivity contribution is 0.253. The van der Waals surface area contributed by atoms with Gasteiger partial charge in [0, 0.05) is 6.61 Å². The number of hydrogen-bond donors (Lipinski definition) is 1. The average molecular weight is 300 g/mol. The Morgan fingerprint density at radius 3 is 2.45 bits per heavy atom. The van der Waals surface area contributed by atoms with E-state index in [4.69, 9.17) is 14.6 Å².